The Labute approximate surface area is 118 Å². The molecule has 2 aromatic rings. The van der Waals surface area contributed by atoms with Gasteiger partial charge in [-0.05, 0) is 42.7 Å². The molecule has 3 heteroatoms. The number of hydrogen-bond donors (Lipinski definition) is 0. The Morgan fingerprint density at radius 3 is 2.60 bits per heavy atom. The molecule has 0 saturated heterocycles. The average Bonchev–Trinajstić information content (AvgIpc) is 2.46. The quantitative estimate of drug-likeness (QED) is 0.770. The first-order valence-corrected chi connectivity index (χ1v) is 6.53. The monoisotopic (exact) mass is 272 g/mol. The molecule has 0 aliphatic carbocycles. The van der Waals surface area contributed by atoms with Gasteiger partial charge in [0.15, 0.2) is 17.3 Å². The normalized spacial score (nSPS) is 10.3. The Kier molecular flexibility index (Phi) is 4.51. The van der Waals surface area contributed by atoms with Gasteiger partial charge in [0.25, 0.3) is 0 Å². The number of halogens is 1. The van der Waals surface area contributed by atoms with Crippen molar-refractivity contribution in [3.05, 3.63) is 65.0 Å². The molecule has 0 amide bonds. The van der Waals surface area contributed by atoms with Gasteiger partial charge in [0.05, 0.1) is 7.11 Å². The molecule has 20 heavy (non-hydrogen) atoms. The first kappa shape index (κ1) is 14.3. The zero-order valence-corrected chi connectivity index (χ0v) is 11.7. The highest BCUT2D eigenvalue weighted by atomic mass is 19.1. The van der Waals surface area contributed by atoms with Crippen molar-refractivity contribution < 1.29 is 13.9 Å². The largest absolute Gasteiger partial charge is 0.494 e. The Hall–Kier alpha value is -2.16. The standard InChI is InChI=1S/C17H17FO2/c1-12-5-3-4-6-13(12)7-9-16(19)14-8-10-17(20-2)15(18)11-14/h3-6,8,10-11H,7,9H2,1-2H3. The SMILES string of the molecule is COc1ccc(C(=O)CCc2ccccc2C)cc1F. The van der Waals surface area contributed by atoms with Gasteiger partial charge in [-0.2, -0.15) is 0 Å². The van der Waals surface area contributed by atoms with E-state index >= 15 is 0 Å². The minimum absolute atomic E-state index is 0.0604. The number of methoxy groups -OCH3 is 1. The number of benzene rings is 2. The number of rotatable bonds is 5. The van der Waals surface area contributed by atoms with E-state index < -0.39 is 5.82 Å². The van der Waals surface area contributed by atoms with Crippen LogP contribution in [0.3, 0.4) is 0 Å². The van der Waals surface area contributed by atoms with Gasteiger partial charge in [-0.3, -0.25) is 4.79 Å². The van der Waals surface area contributed by atoms with E-state index in [2.05, 4.69) is 0 Å². The van der Waals surface area contributed by atoms with Crippen LogP contribution in [0.5, 0.6) is 5.75 Å². The number of carbonyl (C=O) groups excluding carboxylic acids is 1. The van der Waals surface area contributed by atoms with Crippen LogP contribution < -0.4 is 4.74 Å². The zero-order valence-electron chi connectivity index (χ0n) is 11.7. The van der Waals surface area contributed by atoms with Crippen LogP contribution in [0.15, 0.2) is 42.5 Å². The summed E-state index contributed by atoms with van der Waals surface area (Å²) in [4.78, 5) is 12.1. The molecule has 2 rings (SSSR count). The second kappa shape index (κ2) is 6.33. The van der Waals surface area contributed by atoms with Crippen molar-refractivity contribution in [2.75, 3.05) is 7.11 Å². The lowest BCUT2D eigenvalue weighted by Crippen LogP contribution is -2.03. The average molecular weight is 272 g/mol. The maximum absolute atomic E-state index is 13.6. The van der Waals surface area contributed by atoms with E-state index in [4.69, 9.17) is 4.74 Å². The van der Waals surface area contributed by atoms with E-state index in [9.17, 15) is 9.18 Å². The molecule has 0 aromatic heterocycles. The third-order valence-corrected chi connectivity index (χ3v) is 3.36. The smallest absolute Gasteiger partial charge is 0.165 e. The highest BCUT2D eigenvalue weighted by Crippen LogP contribution is 2.19. The van der Waals surface area contributed by atoms with Crippen molar-refractivity contribution in [1.29, 1.82) is 0 Å². The lowest BCUT2D eigenvalue weighted by molar-refractivity contribution is 0.0982. The van der Waals surface area contributed by atoms with Crippen LogP contribution in [0.2, 0.25) is 0 Å². The summed E-state index contributed by atoms with van der Waals surface area (Å²) in [6, 6.07) is 12.3. The minimum atomic E-state index is -0.505. The predicted octanol–water partition coefficient (Wildman–Crippen LogP) is 3.96. The van der Waals surface area contributed by atoms with Crippen LogP contribution in [0.25, 0.3) is 0 Å². The fourth-order valence-electron chi connectivity index (χ4n) is 2.12. The van der Waals surface area contributed by atoms with E-state index in [1.165, 1.54) is 24.8 Å². The Balaban J connectivity index is 2.05. The maximum Gasteiger partial charge on any atom is 0.165 e. The summed E-state index contributed by atoms with van der Waals surface area (Å²) in [6.45, 7) is 2.02. The van der Waals surface area contributed by atoms with Crippen LogP contribution in [0.1, 0.15) is 27.9 Å². The fraction of sp³-hybridized carbons (Fsp3) is 0.235. The third-order valence-electron chi connectivity index (χ3n) is 3.36. The van der Waals surface area contributed by atoms with Crippen molar-refractivity contribution in [2.24, 2.45) is 0 Å². The molecule has 0 unspecified atom stereocenters. The topological polar surface area (TPSA) is 26.3 Å². The summed E-state index contributed by atoms with van der Waals surface area (Å²) in [5, 5.41) is 0. The van der Waals surface area contributed by atoms with Crippen molar-refractivity contribution in [3.63, 3.8) is 0 Å². The summed E-state index contributed by atoms with van der Waals surface area (Å²) in [5.74, 6) is -0.412. The number of Topliss-reactive ketones (excluding diaryl/α,β-unsaturated/α-hetero) is 1. The second-order valence-corrected chi connectivity index (χ2v) is 4.70. The van der Waals surface area contributed by atoms with Crippen LogP contribution in [-0.2, 0) is 6.42 Å². The fourth-order valence-corrected chi connectivity index (χ4v) is 2.12. The van der Waals surface area contributed by atoms with Gasteiger partial charge in [-0.25, -0.2) is 4.39 Å². The molecule has 0 aliphatic rings. The third kappa shape index (κ3) is 3.23. The summed E-state index contributed by atoms with van der Waals surface area (Å²) in [5.41, 5.74) is 2.70. The van der Waals surface area contributed by atoms with Gasteiger partial charge < -0.3 is 4.74 Å². The highest BCUT2D eigenvalue weighted by Gasteiger charge is 2.10. The van der Waals surface area contributed by atoms with E-state index in [0.717, 1.165) is 5.56 Å². The lowest BCUT2D eigenvalue weighted by atomic mass is 10.00. The van der Waals surface area contributed by atoms with Gasteiger partial charge in [-0.1, -0.05) is 24.3 Å². The molecule has 0 heterocycles. The van der Waals surface area contributed by atoms with E-state index in [0.29, 0.717) is 18.4 Å². The summed E-state index contributed by atoms with van der Waals surface area (Å²) < 4.78 is 18.4. The number of hydrogen-bond acceptors (Lipinski definition) is 2. The number of carbonyl (C=O) groups is 1. The van der Waals surface area contributed by atoms with Crippen LogP contribution in [0.4, 0.5) is 4.39 Å². The molecule has 2 aromatic carbocycles. The van der Waals surface area contributed by atoms with Gasteiger partial charge >= 0.3 is 0 Å². The Bertz CT molecular complexity index is 620. The number of aryl methyl sites for hydroxylation is 2. The second-order valence-electron chi connectivity index (χ2n) is 4.70. The first-order valence-electron chi connectivity index (χ1n) is 6.53. The lowest BCUT2D eigenvalue weighted by Gasteiger charge is -2.06. The summed E-state index contributed by atoms with van der Waals surface area (Å²) >= 11 is 0. The maximum atomic E-state index is 13.6. The molecular formula is C17H17FO2. The van der Waals surface area contributed by atoms with E-state index in [1.807, 2.05) is 31.2 Å². The molecule has 0 fully saturated rings. The number of ketones is 1. The Morgan fingerprint density at radius 1 is 1.20 bits per heavy atom. The van der Waals surface area contributed by atoms with Gasteiger partial charge in [0.1, 0.15) is 0 Å². The van der Waals surface area contributed by atoms with Gasteiger partial charge in [-0.15, -0.1) is 0 Å². The van der Waals surface area contributed by atoms with Crippen molar-refractivity contribution in [2.45, 2.75) is 19.8 Å². The molecule has 0 N–H and O–H groups in total. The molecule has 0 aliphatic heterocycles. The summed E-state index contributed by atoms with van der Waals surface area (Å²) in [7, 11) is 1.40. The molecule has 2 nitrogen and oxygen atoms in total. The van der Waals surface area contributed by atoms with Crippen LogP contribution in [-0.4, -0.2) is 12.9 Å². The van der Waals surface area contributed by atoms with Crippen LogP contribution in [0, 0.1) is 12.7 Å². The van der Waals surface area contributed by atoms with E-state index in [1.54, 1.807) is 6.07 Å². The molecule has 104 valence electrons. The van der Waals surface area contributed by atoms with Crippen molar-refractivity contribution in [1.82, 2.24) is 0 Å². The first-order chi connectivity index (χ1) is 9.61. The molecule has 0 bridgehead atoms. The highest BCUT2D eigenvalue weighted by molar-refractivity contribution is 5.96. The molecule has 0 radical (unpaired) electrons. The Morgan fingerprint density at radius 2 is 1.95 bits per heavy atom. The van der Waals surface area contributed by atoms with Crippen molar-refractivity contribution in [3.8, 4) is 5.75 Å². The number of ether oxygens (including phenoxy) is 1. The molecule has 0 spiro atoms. The van der Waals surface area contributed by atoms with Crippen molar-refractivity contribution >= 4 is 5.78 Å². The zero-order chi connectivity index (χ0) is 14.5. The molecule has 0 atom stereocenters. The van der Waals surface area contributed by atoms with E-state index in [-0.39, 0.29) is 11.5 Å². The molecule has 0 saturated carbocycles. The predicted molar refractivity (Wildman–Crippen MR) is 76.8 cm³/mol. The van der Waals surface area contributed by atoms with Gasteiger partial charge in [0.2, 0.25) is 0 Å². The summed E-state index contributed by atoms with van der Waals surface area (Å²) in [6.07, 6.45) is 1.04. The van der Waals surface area contributed by atoms with Crippen LogP contribution >= 0.6 is 0 Å². The van der Waals surface area contributed by atoms with Gasteiger partial charge in [0, 0.05) is 12.0 Å². The minimum Gasteiger partial charge on any atom is -0.494 e. The molecular weight excluding hydrogens is 255 g/mol.